The Morgan fingerprint density at radius 2 is 1.74 bits per heavy atom. The third kappa shape index (κ3) is 3.61. The van der Waals surface area contributed by atoms with E-state index < -0.39 is 0 Å². The van der Waals surface area contributed by atoms with Crippen LogP contribution in [0.5, 0.6) is 0 Å². The molecule has 138 valence electrons. The highest BCUT2D eigenvalue weighted by Crippen LogP contribution is 2.29. The minimum absolute atomic E-state index is 0.0137. The number of hydrogen-bond donors (Lipinski definition) is 0. The van der Waals surface area contributed by atoms with Gasteiger partial charge in [0.15, 0.2) is 5.76 Å². The Morgan fingerprint density at radius 3 is 2.48 bits per heavy atom. The first-order chi connectivity index (χ1) is 13.1. The number of rotatable bonds is 3. The monoisotopic (exact) mass is 365 g/mol. The van der Waals surface area contributed by atoms with Crippen molar-refractivity contribution in [3.63, 3.8) is 0 Å². The molecule has 6 heteroatoms. The fourth-order valence-corrected chi connectivity index (χ4v) is 3.18. The molecular weight excluding hydrogens is 345 g/mol. The summed E-state index contributed by atoms with van der Waals surface area (Å²) in [5, 5.41) is 0. The minimum atomic E-state index is -0.304. The molecule has 0 aliphatic carbocycles. The van der Waals surface area contributed by atoms with E-state index in [0.717, 1.165) is 18.7 Å². The van der Waals surface area contributed by atoms with E-state index in [9.17, 15) is 9.18 Å². The quantitative estimate of drug-likeness (QED) is 0.712. The van der Waals surface area contributed by atoms with Gasteiger partial charge in [0.05, 0.1) is 11.8 Å². The lowest BCUT2D eigenvalue weighted by Gasteiger charge is -2.32. The number of hydrogen-bond acceptors (Lipinski definition) is 4. The van der Waals surface area contributed by atoms with E-state index in [4.69, 9.17) is 4.42 Å². The van der Waals surface area contributed by atoms with Gasteiger partial charge in [-0.1, -0.05) is 12.1 Å². The molecule has 0 radical (unpaired) electrons. The molecule has 0 saturated carbocycles. The molecule has 1 fully saturated rings. The van der Waals surface area contributed by atoms with Gasteiger partial charge >= 0.3 is 0 Å². The van der Waals surface area contributed by atoms with Crippen molar-refractivity contribution in [1.82, 2.24) is 14.8 Å². The van der Waals surface area contributed by atoms with Gasteiger partial charge < -0.3 is 14.2 Å². The zero-order chi connectivity index (χ0) is 18.8. The zero-order valence-electron chi connectivity index (χ0n) is 15.1. The highest BCUT2D eigenvalue weighted by molar-refractivity contribution is 6.00. The lowest BCUT2D eigenvalue weighted by Crippen LogP contribution is -2.47. The number of carbonyl (C=O) groups is 1. The Morgan fingerprint density at radius 1 is 1.04 bits per heavy atom. The van der Waals surface area contributed by atoms with Crippen LogP contribution in [0.2, 0.25) is 0 Å². The summed E-state index contributed by atoms with van der Waals surface area (Å²) in [7, 11) is 2.06. The number of likely N-dealkylation sites (N-methyl/N-ethyl adjacent to an activating group) is 1. The van der Waals surface area contributed by atoms with Crippen LogP contribution in [0.25, 0.3) is 22.8 Å². The number of nitrogens with zero attached hydrogens (tertiary/aromatic N) is 3. The largest absolute Gasteiger partial charge is 0.436 e. The molecule has 0 spiro atoms. The Bertz CT molecular complexity index is 944. The molecule has 1 aromatic heterocycles. The molecule has 27 heavy (non-hydrogen) atoms. The maximum Gasteiger partial charge on any atom is 0.254 e. The smallest absolute Gasteiger partial charge is 0.254 e. The van der Waals surface area contributed by atoms with Crippen LogP contribution in [-0.4, -0.2) is 53.9 Å². The lowest BCUT2D eigenvalue weighted by molar-refractivity contribution is 0.0664. The van der Waals surface area contributed by atoms with Gasteiger partial charge in [-0.2, -0.15) is 0 Å². The van der Waals surface area contributed by atoms with Gasteiger partial charge in [-0.25, -0.2) is 9.37 Å². The van der Waals surface area contributed by atoms with Gasteiger partial charge in [0.25, 0.3) is 5.91 Å². The topological polar surface area (TPSA) is 49.6 Å². The zero-order valence-corrected chi connectivity index (χ0v) is 15.1. The maximum atomic E-state index is 13.1. The van der Waals surface area contributed by atoms with Gasteiger partial charge in [0, 0.05) is 37.3 Å². The molecule has 0 N–H and O–H groups in total. The molecule has 5 nitrogen and oxygen atoms in total. The number of piperazine rings is 1. The molecule has 1 saturated heterocycles. The molecule has 1 amide bonds. The van der Waals surface area contributed by atoms with E-state index in [2.05, 4.69) is 16.9 Å². The van der Waals surface area contributed by atoms with Crippen LogP contribution in [0.15, 0.2) is 59.1 Å². The average molecular weight is 365 g/mol. The number of carbonyl (C=O) groups excluding carboxylic acids is 1. The van der Waals surface area contributed by atoms with E-state index in [0.29, 0.717) is 35.9 Å². The van der Waals surface area contributed by atoms with Crippen molar-refractivity contribution in [3.05, 3.63) is 66.1 Å². The van der Waals surface area contributed by atoms with Crippen molar-refractivity contribution in [3.8, 4) is 22.8 Å². The summed E-state index contributed by atoms with van der Waals surface area (Å²) in [6.45, 7) is 3.13. The number of benzene rings is 2. The second-order valence-electron chi connectivity index (χ2n) is 6.68. The summed E-state index contributed by atoms with van der Waals surface area (Å²) < 4.78 is 19.0. The molecular formula is C21H20FN3O2. The summed E-state index contributed by atoms with van der Waals surface area (Å²) in [6.07, 6.45) is 1.60. The molecule has 2 heterocycles. The second kappa shape index (κ2) is 7.32. The Balaban J connectivity index is 1.63. The summed E-state index contributed by atoms with van der Waals surface area (Å²) in [4.78, 5) is 21.4. The molecule has 0 bridgehead atoms. The summed E-state index contributed by atoms with van der Waals surface area (Å²) >= 11 is 0. The number of halogens is 1. The average Bonchev–Trinajstić information content (AvgIpc) is 3.19. The molecule has 4 rings (SSSR count). The number of amides is 1. The first-order valence-corrected chi connectivity index (χ1v) is 8.91. The fourth-order valence-electron chi connectivity index (χ4n) is 3.18. The molecule has 1 aliphatic heterocycles. The molecule has 3 aromatic rings. The van der Waals surface area contributed by atoms with E-state index in [-0.39, 0.29) is 11.7 Å². The molecule has 2 aromatic carbocycles. The van der Waals surface area contributed by atoms with Crippen LogP contribution in [0, 0.1) is 5.82 Å². The highest BCUT2D eigenvalue weighted by atomic mass is 19.1. The van der Waals surface area contributed by atoms with E-state index in [1.807, 2.05) is 23.1 Å². The van der Waals surface area contributed by atoms with Crippen molar-refractivity contribution in [1.29, 1.82) is 0 Å². The van der Waals surface area contributed by atoms with Crippen molar-refractivity contribution in [2.75, 3.05) is 33.2 Å². The third-order valence-electron chi connectivity index (χ3n) is 4.81. The fraction of sp³-hybridized carbons (Fsp3) is 0.238. The van der Waals surface area contributed by atoms with Crippen LogP contribution < -0.4 is 0 Å². The van der Waals surface area contributed by atoms with Gasteiger partial charge in [0.1, 0.15) is 5.82 Å². The van der Waals surface area contributed by atoms with Crippen molar-refractivity contribution < 1.29 is 13.6 Å². The van der Waals surface area contributed by atoms with Gasteiger partial charge in [-0.15, -0.1) is 0 Å². The third-order valence-corrected chi connectivity index (χ3v) is 4.81. The molecule has 0 unspecified atom stereocenters. The van der Waals surface area contributed by atoms with Crippen LogP contribution in [0.1, 0.15) is 10.4 Å². The summed E-state index contributed by atoms with van der Waals surface area (Å²) in [6, 6.07) is 13.4. The lowest BCUT2D eigenvalue weighted by atomic mass is 10.1. The van der Waals surface area contributed by atoms with Crippen LogP contribution >= 0.6 is 0 Å². The van der Waals surface area contributed by atoms with E-state index in [1.54, 1.807) is 24.4 Å². The predicted molar refractivity (Wildman–Crippen MR) is 101 cm³/mol. The van der Waals surface area contributed by atoms with Crippen molar-refractivity contribution in [2.45, 2.75) is 0 Å². The second-order valence-corrected chi connectivity index (χ2v) is 6.68. The van der Waals surface area contributed by atoms with Crippen molar-refractivity contribution in [2.24, 2.45) is 0 Å². The highest BCUT2D eigenvalue weighted by Gasteiger charge is 2.24. The predicted octanol–water partition coefficient (Wildman–Crippen LogP) is 3.54. The SMILES string of the molecule is CN1CCN(C(=O)c2ccccc2-c2ncc(-c3ccc(F)cc3)o2)CC1. The maximum absolute atomic E-state index is 13.1. The molecule has 0 atom stereocenters. The van der Waals surface area contributed by atoms with E-state index >= 15 is 0 Å². The normalized spacial score (nSPS) is 15.1. The van der Waals surface area contributed by atoms with Crippen LogP contribution in [0.3, 0.4) is 0 Å². The van der Waals surface area contributed by atoms with Gasteiger partial charge in [-0.05, 0) is 43.4 Å². The molecule has 1 aliphatic rings. The van der Waals surface area contributed by atoms with E-state index in [1.165, 1.54) is 12.1 Å². The minimum Gasteiger partial charge on any atom is -0.436 e. The first kappa shape index (κ1) is 17.4. The van der Waals surface area contributed by atoms with Gasteiger partial charge in [-0.3, -0.25) is 4.79 Å². The Labute approximate surface area is 157 Å². The Kier molecular flexibility index (Phi) is 4.73. The van der Waals surface area contributed by atoms with Crippen molar-refractivity contribution >= 4 is 5.91 Å². The number of aromatic nitrogens is 1. The van der Waals surface area contributed by atoms with Crippen LogP contribution in [-0.2, 0) is 0 Å². The standard InChI is InChI=1S/C21H20FN3O2/c1-24-10-12-25(13-11-24)21(26)18-5-3-2-4-17(18)20-23-14-19(27-20)15-6-8-16(22)9-7-15/h2-9,14H,10-13H2,1H3. The van der Waals surface area contributed by atoms with Crippen LogP contribution in [0.4, 0.5) is 4.39 Å². The Hall–Kier alpha value is -2.99. The van der Waals surface area contributed by atoms with Gasteiger partial charge in [0.2, 0.25) is 5.89 Å². The number of oxazole rings is 1. The summed E-state index contributed by atoms with van der Waals surface area (Å²) in [5.74, 6) is 0.598. The first-order valence-electron chi connectivity index (χ1n) is 8.91. The summed E-state index contributed by atoms with van der Waals surface area (Å²) in [5.41, 5.74) is 1.97.